The fourth-order valence-electron chi connectivity index (χ4n) is 2.89. The number of rotatable bonds is 4. The largest absolute Gasteiger partial charge is 0.480 e. The van der Waals surface area contributed by atoms with E-state index in [9.17, 15) is 9.90 Å². The molecule has 0 aliphatic carbocycles. The highest BCUT2D eigenvalue weighted by molar-refractivity contribution is 6.33. The zero-order valence-electron chi connectivity index (χ0n) is 15.3. The minimum Gasteiger partial charge on any atom is -0.480 e. The number of carboxylic acid groups (broad SMARTS) is 1. The molecule has 0 aliphatic rings. The van der Waals surface area contributed by atoms with Gasteiger partial charge in [0.1, 0.15) is 5.75 Å². The smallest absolute Gasteiger partial charge is 0.329 e. The van der Waals surface area contributed by atoms with E-state index in [4.69, 9.17) is 33.2 Å². The molecule has 0 bridgehead atoms. The number of nitriles is 1. The summed E-state index contributed by atoms with van der Waals surface area (Å²) in [5.74, 6) is -0.515. The van der Waals surface area contributed by atoms with Crippen molar-refractivity contribution in [3.05, 3.63) is 45.9 Å². The van der Waals surface area contributed by atoms with Crippen LogP contribution in [0.15, 0.2) is 30.3 Å². The molecule has 1 heterocycles. The summed E-state index contributed by atoms with van der Waals surface area (Å²) in [5.41, 5.74) is 0.487. The van der Waals surface area contributed by atoms with Gasteiger partial charge >= 0.3 is 5.97 Å². The Morgan fingerprint density at radius 1 is 1.29 bits per heavy atom. The van der Waals surface area contributed by atoms with Gasteiger partial charge in [-0.15, -0.1) is 5.10 Å². The fourth-order valence-corrected chi connectivity index (χ4v) is 3.31. The van der Waals surface area contributed by atoms with Gasteiger partial charge in [0.15, 0.2) is 17.3 Å². The summed E-state index contributed by atoms with van der Waals surface area (Å²) in [7, 11) is 0. The number of ether oxygens (including phenoxy) is 1. The number of aromatic nitrogens is 3. The third-order valence-corrected chi connectivity index (χ3v) is 4.58. The predicted molar refractivity (Wildman–Crippen MR) is 105 cm³/mol. The van der Waals surface area contributed by atoms with E-state index in [1.54, 1.807) is 12.1 Å². The molecule has 0 saturated heterocycles. The fraction of sp³-hybridized carbons (Fsp3) is 0.263. The third kappa shape index (κ3) is 3.75. The number of hydrogen-bond acceptors (Lipinski definition) is 5. The average molecular weight is 419 g/mol. The molecule has 9 heteroatoms. The minimum atomic E-state index is -1.02. The van der Waals surface area contributed by atoms with E-state index in [0.717, 1.165) is 0 Å². The molecule has 0 amide bonds. The van der Waals surface area contributed by atoms with Crippen LogP contribution in [0.3, 0.4) is 0 Å². The van der Waals surface area contributed by atoms with Crippen LogP contribution in [-0.2, 0) is 4.79 Å². The Morgan fingerprint density at radius 2 is 2.00 bits per heavy atom. The molecular formula is C19H16Cl2N4O3. The number of hydrogen-bond donors (Lipinski definition) is 1. The van der Waals surface area contributed by atoms with Crippen molar-refractivity contribution in [3.63, 3.8) is 0 Å². The SMILES string of the molecule is CC(C)(C)C(C(=O)O)n1nnc2c(Oc3cc(Cl)cc(C#N)c3)c(Cl)ccc21. The van der Waals surface area contributed by atoms with E-state index in [2.05, 4.69) is 10.3 Å². The van der Waals surface area contributed by atoms with Crippen LogP contribution >= 0.6 is 23.2 Å². The van der Waals surface area contributed by atoms with E-state index >= 15 is 0 Å². The van der Waals surface area contributed by atoms with E-state index in [0.29, 0.717) is 27.4 Å². The number of benzene rings is 2. The molecule has 2 aromatic carbocycles. The molecule has 1 aromatic heterocycles. The predicted octanol–water partition coefficient (Wildman–Crippen LogP) is 5.07. The van der Waals surface area contributed by atoms with Crippen molar-refractivity contribution in [2.75, 3.05) is 0 Å². The highest BCUT2D eigenvalue weighted by atomic mass is 35.5. The van der Waals surface area contributed by atoms with E-state index in [-0.39, 0.29) is 10.8 Å². The van der Waals surface area contributed by atoms with Gasteiger partial charge in [0, 0.05) is 5.02 Å². The molecule has 7 nitrogen and oxygen atoms in total. The summed E-state index contributed by atoms with van der Waals surface area (Å²) in [6.07, 6.45) is 0. The zero-order chi connectivity index (χ0) is 20.6. The van der Waals surface area contributed by atoms with Crippen LogP contribution < -0.4 is 4.74 Å². The highest BCUT2D eigenvalue weighted by Gasteiger charge is 2.35. The van der Waals surface area contributed by atoms with Crippen molar-refractivity contribution in [3.8, 4) is 17.6 Å². The number of nitrogens with zero attached hydrogens (tertiary/aromatic N) is 4. The molecule has 1 N–H and O–H groups in total. The maximum Gasteiger partial charge on any atom is 0.329 e. The van der Waals surface area contributed by atoms with Crippen LogP contribution in [0.5, 0.6) is 11.5 Å². The summed E-state index contributed by atoms with van der Waals surface area (Å²) in [4.78, 5) is 11.8. The lowest BCUT2D eigenvalue weighted by Gasteiger charge is -2.27. The Kier molecular flexibility index (Phi) is 5.20. The average Bonchev–Trinajstić information content (AvgIpc) is 2.99. The summed E-state index contributed by atoms with van der Waals surface area (Å²) in [6, 6.07) is 8.84. The Bertz CT molecular complexity index is 1110. The first kappa shape index (κ1) is 19.9. The van der Waals surface area contributed by atoms with Gasteiger partial charge in [-0.1, -0.05) is 49.2 Å². The molecular weight excluding hydrogens is 403 g/mol. The molecule has 3 rings (SSSR count). The molecule has 144 valence electrons. The molecule has 0 radical (unpaired) electrons. The molecule has 0 spiro atoms. The summed E-state index contributed by atoms with van der Waals surface area (Å²) in [5, 5.41) is 27.5. The first-order valence-electron chi connectivity index (χ1n) is 8.26. The Hall–Kier alpha value is -2.82. The second-order valence-corrected chi connectivity index (χ2v) is 8.12. The van der Waals surface area contributed by atoms with Gasteiger partial charge in [0.05, 0.1) is 22.2 Å². The lowest BCUT2D eigenvalue weighted by Crippen LogP contribution is -2.32. The van der Waals surface area contributed by atoms with E-state index in [1.165, 1.54) is 22.9 Å². The summed E-state index contributed by atoms with van der Waals surface area (Å²) < 4.78 is 7.20. The summed E-state index contributed by atoms with van der Waals surface area (Å²) >= 11 is 12.3. The Morgan fingerprint density at radius 3 is 2.61 bits per heavy atom. The van der Waals surface area contributed by atoms with Crippen LogP contribution in [0.25, 0.3) is 11.0 Å². The van der Waals surface area contributed by atoms with Crippen LogP contribution in [-0.4, -0.2) is 26.1 Å². The molecule has 1 atom stereocenters. The second kappa shape index (κ2) is 7.30. The van der Waals surface area contributed by atoms with Gasteiger partial charge < -0.3 is 9.84 Å². The highest BCUT2D eigenvalue weighted by Crippen LogP contribution is 2.39. The Balaban J connectivity index is 2.14. The van der Waals surface area contributed by atoms with E-state index in [1.807, 2.05) is 26.8 Å². The van der Waals surface area contributed by atoms with E-state index < -0.39 is 17.4 Å². The third-order valence-electron chi connectivity index (χ3n) is 4.07. The van der Waals surface area contributed by atoms with Crippen molar-refractivity contribution >= 4 is 40.2 Å². The first-order chi connectivity index (χ1) is 13.1. The second-order valence-electron chi connectivity index (χ2n) is 7.27. The maximum absolute atomic E-state index is 11.8. The Labute approximate surface area is 171 Å². The lowest BCUT2D eigenvalue weighted by atomic mass is 9.87. The number of carboxylic acids is 1. The maximum atomic E-state index is 11.8. The van der Waals surface area contributed by atoms with Crippen molar-refractivity contribution in [1.29, 1.82) is 5.26 Å². The number of aliphatic carboxylic acids is 1. The van der Waals surface area contributed by atoms with Crippen LogP contribution in [0.2, 0.25) is 10.0 Å². The molecule has 0 fully saturated rings. The molecule has 0 aliphatic heterocycles. The van der Waals surface area contributed by atoms with Gasteiger partial charge in [-0.05, 0) is 35.7 Å². The zero-order valence-corrected chi connectivity index (χ0v) is 16.8. The number of halogens is 2. The van der Waals surface area contributed by atoms with Gasteiger partial charge in [0.2, 0.25) is 0 Å². The van der Waals surface area contributed by atoms with Crippen molar-refractivity contribution in [2.24, 2.45) is 5.41 Å². The van der Waals surface area contributed by atoms with Crippen molar-refractivity contribution in [2.45, 2.75) is 26.8 Å². The topological polar surface area (TPSA) is 101 Å². The van der Waals surface area contributed by atoms with Crippen molar-refractivity contribution < 1.29 is 14.6 Å². The van der Waals surface area contributed by atoms with Crippen LogP contribution in [0.4, 0.5) is 0 Å². The number of carbonyl (C=O) groups is 1. The van der Waals surface area contributed by atoms with Crippen LogP contribution in [0.1, 0.15) is 32.4 Å². The summed E-state index contributed by atoms with van der Waals surface area (Å²) in [6.45, 7) is 5.42. The lowest BCUT2D eigenvalue weighted by molar-refractivity contribution is -0.144. The van der Waals surface area contributed by atoms with Crippen LogP contribution in [0, 0.1) is 16.7 Å². The van der Waals surface area contributed by atoms with Gasteiger partial charge in [-0.25, -0.2) is 9.48 Å². The monoisotopic (exact) mass is 418 g/mol. The quantitative estimate of drug-likeness (QED) is 0.633. The van der Waals surface area contributed by atoms with Gasteiger partial charge in [-0.3, -0.25) is 0 Å². The standard InChI is InChI=1S/C19H16Cl2N4O3/c1-19(2,3)17(18(26)27)25-14-5-4-13(21)16(15(14)23-24-25)28-12-7-10(9-22)6-11(20)8-12/h4-8,17H,1-3H3,(H,26,27). The first-order valence-corrected chi connectivity index (χ1v) is 9.02. The molecule has 0 saturated carbocycles. The minimum absolute atomic E-state index is 0.203. The normalized spacial score (nSPS) is 12.6. The molecule has 3 aromatic rings. The van der Waals surface area contributed by atoms with Crippen molar-refractivity contribution in [1.82, 2.24) is 15.0 Å². The molecule has 1 unspecified atom stereocenters. The molecule has 28 heavy (non-hydrogen) atoms. The van der Waals surface area contributed by atoms with Gasteiger partial charge in [0.25, 0.3) is 0 Å². The van der Waals surface area contributed by atoms with Gasteiger partial charge in [-0.2, -0.15) is 5.26 Å². The number of fused-ring (bicyclic) bond motifs is 1.